The van der Waals surface area contributed by atoms with Crippen molar-refractivity contribution in [2.45, 2.75) is 65.0 Å². The van der Waals surface area contributed by atoms with Crippen LogP contribution in [0.2, 0.25) is 0 Å². The zero-order valence-corrected chi connectivity index (χ0v) is 24.2. The molecule has 3 saturated heterocycles. The first kappa shape index (κ1) is 28.6. The number of hydrogen-bond acceptors (Lipinski definition) is 7. The Morgan fingerprint density at radius 1 is 0.974 bits per heavy atom. The first-order valence-electron chi connectivity index (χ1n) is 14.5. The van der Waals surface area contributed by atoms with Crippen molar-refractivity contribution in [3.63, 3.8) is 0 Å². The van der Waals surface area contributed by atoms with Gasteiger partial charge in [0.25, 0.3) is 12.1 Å². The third-order valence-electron chi connectivity index (χ3n) is 7.36. The highest BCUT2D eigenvalue weighted by atomic mass is 32.2. The number of hydrogen-bond donors (Lipinski definition) is 2. The van der Waals surface area contributed by atoms with Crippen molar-refractivity contribution in [3.05, 3.63) is 53.6 Å². The zero-order chi connectivity index (χ0) is 26.7. The second-order valence-corrected chi connectivity index (χ2v) is 10.9. The van der Waals surface area contributed by atoms with Gasteiger partial charge in [0.2, 0.25) is 0 Å². The quantitative estimate of drug-likeness (QED) is 0.332. The van der Waals surface area contributed by atoms with Crippen molar-refractivity contribution in [1.82, 2.24) is 14.1 Å². The van der Waals surface area contributed by atoms with Crippen molar-refractivity contribution in [1.29, 1.82) is 0 Å². The number of benzene rings is 2. The smallest absolute Gasteiger partial charge is 0.288 e. The molecular weight excluding hydrogens is 494 g/mol. The molecule has 1 atom stereocenters. The number of carbonyl (C=O) groups excluding carboxylic acids is 1. The maximum atomic E-state index is 11.5. The van der Waals surface area contributed by atoms with E-state index in [0.29, 0.717) is 0 Å². The Balaban J connectivity index is 0.000000190. The molecule has 1 amide bonds. The fraction of sp³-hybridized carbons (Fsp3) is 0.567. The minimum Gasteiger partial charge on any atom is -0.461 e. The van der Waals surface area contributed by atoms with Crippen LogP contribution in [-0.4, -0.2) is 72.6 Å². The summed E-state index contributed by atoms with van der Waals surface area (Å²) in [4.78, 5) is 15.6. The van der Waals surface area contributed by atoms with Crippen LogP contribution in [-0.2, 0) is 17.6 Å². The van der Waals surface area contributed by atoms with Gasteiger partial charge in [-0.2, -0.15) is 0 Å². The van der Waals surface area contributed by atoms with Crippen LogP contribution in [0.4, 0.5) is 11.4 Å². The van der Waals surface area contributed by atoms with Gasteiger partial charge in [-0.3, -0.25) is 9.69 Å². The summed E-state index contributed by atoms with van der Waals surface area (Å²) in [5.41, 5.74) is 4.86. The SMILES string of the molecule is CC.CN1C(=O)[C@H]1Oc1ccc(NSN2CCCC2)c2c1CCCN2.c1ccc(CCN2CCCC2)cc1. The Hall–Kier alpha value is -2.42. The molecule has 0 radical (unpaired) electrons. The van der Waals surface area contributed by atoms with Crippen LogP contribution >= 0.6 is 12.1 Å². The van der Waals surface area contributed by atoms with Gasteiger partial charge in [0.1, 0.15) is 5.75 Å². The third-order valence-corrected chi connectivity index (χ3v) is 8.30. The number of amides is 1. The molecule has 0 saturated carbocycles. The largest absolute Gasteiger partial charge is 0.461 e. The average molecular weight is 540 g/mol. The molecule has 6 rings (SSSR count). The van der Waals surface area contributed by atoms with E-state index in [4.69, 9.17) is 4.74 Å². The standard InChI is InChI=1S/C16H22N4O2S.C12H17N.C2H6/c1-19-15(21)16(19)22-13-7-6-12(14-11(13)5-4-8-17-14)18-23-20-9-2-3-10-20;1-2-6-12(7-3-1)8-11-13-9-4-5-10-13;1-2/h6-7,16-18H,2-5,8-10H2,1H3;1-3,6-7H,4-5,8-11H2;1-2H3/t16-,19?;;/m1../s1. The second kappa shape index (κ2) is 14.7. The first-order chi connectivity index (χ1) is 18.7. The van der Waals surface area contributed by atoms with E-state index in [0.717, 1.165) is 49.6 Å². The first-order valence-corrected chi connectivity index (χ1v) is 15.2. The molecule has 8 heteroatoms. The van der Waals surface area contributed by atoms with E-state index < -0.39 is 6.23 Å². The number of ether oxygens (including phenoxy) is 1. The number of nitrogens with zero attached hydrogens (tertiary/aromatic N) is 3. The number of likely N-dealkylation sites (N-methyl/N-ethyl adjacent to an activating group) is 1. The molecule has 0 aliphatic carbocycles. The van der Waals surface area contributed by atoms with Crippen LogP contribution < -0.4 is 14.8 Å². The Bertz CT molecular complexity index is 1010. The summed E-state index contributed by atoms with van der Waals surface area (Å²) in [7, 11) is 1.76. The van der Waals surface area contributed by atoms with E-state index in [1.54, 1.807) is 24.1 Å². The normalized spacial score (nSPS) is 20.4. The molecule has 4 aliphatic heterocycles. The molecule has 38 heavy (non-hydrogen) atoms. The second-order valence-electron chi connectivity index (χ2n) is 10.0. The Morgan fingerprint density at radius 2 is 1.66 bits per heavy atom. The van der Waals surface area contributed by atoms with Gasteiger partial charge in [-0.25, -0.2) is 4.31 Å². The van der Waals surface area contributed by atoms with Gasteiger partial charge in [-0.05, 0) is 75.7 Å². The third kappa shape index (κ3) is 7.80. The molecule has 4 heterocycles. The summed E-state index contributed by atoms with van der Waals surface area (Å²) in [5.74, 6) is 0.876. The van der Waals surface area contributed by atoms with E-state index >= 15 is 0 Å². The summed E-state index contributed by atoms with van der Waals surface area (Å²) in [6.07, 6.45) is 8.22. The maximum Gasteiger partial charge on any atom is 0.288 e. The number of likely N-dealkylation sites (tertiary alicyclic amines) is 1. The molecular formula is C30H45N5O2S. The predicted octanol–water partition coefficient (Wildman–Crippen LogP) is 5.64. The maximum absolute atomic E-state index is 11.5. The van der Waals surface area contributed by atoms with E-state index in [2.05, 4.69) is 49.6 Å². The van der Waals surface area contributed by atoms with Gasteiger partial charge in [0.05, 0.1) is 11.4 Å². The highest BCUT2D eigenvalue weighted by molar-refractivity contribution is 7.98. The van der Waals surface area contributed by atoms with Crippen LogP contribution in [0.1, 0.15) is 57.1 Å². The molecule has 7 nitrogen and oxygen atoms in total. The van der Waals surface area contributed by atoms with E-state index in [9.17, 15) is 4.79 Å². The molecule has 0 unspecified atom stereocenters. The van der Waals surface area contributed by atoms with Crippen LogP contribution in [0, 0.1) is 0 Å². The monoisotopic (exact) mass is 539 g/mol. The number of anilines is 2. The van der Waals surface area contributed by atoms with Gasteiger partial charge in [0.15, 0.2) is 0 Å². The van der Waals surface area contributed by atoms with Gasteiger partial charge in [-0.15, -0.1) is 0 Å². The summed E-state index contributed by atoms with van der Waals surface area (Å²) in [5, 5.41) is 3.49. The molecule has 3 fully saturated rings. The fourth-order valence-corrected chi connectivity index (χ4v) is 5.91. The van der Waals surface area contributed by atoms with Gasteiger partial charge >= 0.3 is 0 Å². The molecule has 2 aromatic rings. The minimum absolute atomic E-state index is 0.0503. The minimum atomic E-state index is -0.404. The summed E-state index contributed by atoms with van der Waals surface area (Å²) < 4.78 is 11.7. The van der Waals surface area contributed by atoms with Crippen molar-refractivity contribution in [2.24, 2.45) is 0 Å². The fourth-order valence-electron chi connectivity index (χ4n) is 5.08. The molecule has 4 aliphatic rings. The topological polar surface area (TPSA) is 59.9 Å². The van der Waals surface area contributed by atoms with Crippen molar-refractivity contribution in [3.8, 4) is 5.75 Å². The van der Waals surface area contributed by atoms with E-state index in [1.807, 2.05) is 26.0 Å². The highest BCUT2D eigenvalue weighted by Gasteiger charge is 2.45. The van der Waals surface area contributed by atoms with Crippen molar-refractivity contribution >= 4 is 29.4 Å². The van der Waals surface area contributed by atoms with Crippen LogP contribution in [0.15, 0.2) is 42.5 Å². The summed E-state index contributed by atoms with van der Waals surface area (Å²) >= 11 is 1.68. The van der Waals surface area contributed by atoms with Crippen LogP contribution in [0.3, 0.4) is 0 Å². The molecule has 0 spiro atoms. The Labute approximate surface area is 233 Å². The van der Waals surface area contributed by atoms with E-state index in [-0.39, 0.29) is 5.91 Å². The van der Waals surface area contributed by atoms with Crippen molar-refractivity contribution in [2.75, 3.05) is 56.4 Å². The zero-order valence-electron chi connectivity index (χ0n) is 23.4. The molecule has 0 aromatic heterocycles. The highest BCUT2D eigenvalue weighted by Crippen LogP contribution is 2.40. The van der Waals surface area contributed by atoms with Gasteiger partial charge in [0, 0.05) is 50.9 Å². The van der Waals surface area contributed by atoms with Crippen LogP contribution in [0.5, 0.6) is 5.75 Å². The van der Waals surface area contributed by atoms with Crippen LogP contribution in [0.25, 0.3) is 0 Å². The molecule has 2 aromatic carbocycles. The number of fused-ring (bicyclic) bond motifs is 1. The number of carbonyl (C=O) groups is 1. The lowest BCUT2D eigenvalue weighted by Crippen LogP contribution is -2.21. The number of rotatable bonds is 8. The predicted molar refractivity (Wildman–Crippen MR) is 160 cm³/mol. The summed E-state index contributed by atoms with van der Waals surface area (Å²) in [6.45, 7) is 11.1. The lowest BCUT2D eigenvalue weighted by atomic mass is 10.0. The van der Waals surface area contributed by atoms with Gasteiger partial charge in [-0.1, -0.05) is 44.2 Å². The lowest BCUT2D eigenvalue weighted by molar-refractivity contribution is -0.114. The lowest BCUT2D eigenvalue weighted by Gasteiger charge is -2.25. The summed E-state index contributed by atoms with van der Waals surface area (Å²) in [6, 6.07) is 14.8. The molecule has 0 bridgehead atoms. The van der Waals surface area contributed by atoms with Crippen molar-refractivity contribution < 1.29 is 9.53 Å². The van der Waals surface area contributed by atoms with Gasteiger partial charge < -0.3 is 19.7 Å². The van der Waals surface area contributed by atoms with E-state index in [1.165, 1.54) is 62.9 Å². The Morgan fingerprint density at radius 3 is 2.34 bits per heavy atom. The molecule has 208 valence electrons. The molecule has 2 N–H and O–H groups in total. The Kier molecular flexibility index (Phi) is 11.0. The average Bonchev–Trinajstić information content (AvgIpc) is 3.47. The number of nitrogens with one attached hydrogen (secondary N) is 2.